The highest BCUT2D eigenvalue weighted by Gasteiger charge is 2.23. The molecule has 1 aliphatic rings. The van der Waals surface area contributed by atoms with Crippen LogP contribution in [0, 0.1) is 5.82 Å². The highest BCUT2D eigenvalue weighted by atomic mass is 79.9. The molecule has 4 heteroatoms. The number of carbonyl (C=O) groups is 1. The molecule has 1 aromatic rings. The van der Waals surface area contributed by atoms with Crippen LogP contribution in [0.4, 0.5) is 4.39 Å². The van der Waals surface area contributed by atoms with Gasteiger partial charge >= 0.3 is 0 Å². The van der Waals surface area contributed by atoms with Gasteiger partial charge in [-0.15, -0.1) is 0 Å². The topological polar surface area (TPSA) is 20.3 Å². The molecule has 1 unspecified atom stereocenters. The van der Waals surface area contributed by atoms with E-state index in [2.05, 4.69) is 15.9 Å². The summed E-state index contributed by atoms with van der Waals surface area (Å²) in [5.41, 5.74) is 2.09. The molecular formula is C13H15BrFNO. The first-order valence-corrected chi connectivity index (χ1v) is 6.86. The van der Waals surface area contributed by atoms with Crippen molar-refractivity contribution in [3.63, 3.8) is 0 Å². The lowest BCUT2D eigenvalue weighted by molar-refractivity contribution is -0.130. The Labute approximate surface area is 109 Å². The number of halogens is 2. The van der Waals surface area contributed by atoms with Gasteiger partial charge in [0.15, 0.2) is 0 Å². The van der Waals surface area contributed by atoms with E-state index in [-0.39, 0.29) is 17.8 Å². The molecule has 0 saturated carbocycles. The van der Waals surface area contributed by atoms with Gasteiger partial charge in [-0.3, -0.25) is 4.79 Å². The van der Waals surface area contributed by atoms with Crippen LogP contribution in [0.25, 0.3) is 0 Å². The molecule has 1 amide bonds. The van der Waals surface area contributed by atoms with Gasteiger partial charge in [0.25, 0.3) is 0 Å². The fraction of sp³-hybridized carbons (Fsp3) is 0.462. The van der Waals surface area contributed by atoms with Crippen LogP contribution in [0.3, 0.4) is 0 Å². The second kappa shape index (κ2) is 5.17. The number of fused-ring (bicyclic) bond motifs is 1. The largest absolute Gasteiger partial charge is 0.335 e. The molecule has 1 aliphatic heterocycles. The molecule has 1 heterocycles. The maximum absolute atomic E-state index is 13.2. The summed E-state index contributed by atoms with van der Waals surface area (Å²) in [5.74, 6) is -0.105. The van der Waals surface area contributed by atoms with Gasteiger partial charge in [0.05, 0.1) is 5.33 Å². The van der Waals surface area contributed by atoms with Crippen molar-refractivity contribution in [2.75, 3.05) is 5.33 Å². The number of hydrogen-bond donors (Lipinski definition) is 0. The van der Waals surface area contributed by atoms with E-state index in [1.54, 1.807) is 12.1 Å². The second-order valence-electron chi connectivity index (χ2n) is 4.46. The van der Waals surface area contributed by atoms with Gasteiger partial charge in [0, 0.05) is 12.6 Å². The van der Waals surface area contributed by atoms with E-state index in [0.29, 0.717) is 11.9 Å². The average molecular weight is 300 g/mol. The molecule has 0 spiro atoms. The van der Waals surface area contributed by atoms with Crippen molar-refractivity contribution >= 4 is 21.8 Å². The summed E-state index contributed by atoms with van der Waals surface area (Å²) >= 11 is 3.20. The predicted molar refractivity (Wildman–Crippen MR) is 68.5 cm³/mol. The summed E-state index contributed by atoms with van der Waals surface area (Å²) in [4.78, 5) is 13.7. The molecule has 0 aliphatic carbocycles. The zero-order valence-electron chi connectivity index (χ0n) is 9.75. The lowest BCUT2D eigenvalue weighted by Crippen LogP contribution is -2.37. The zero-order valence-corrected chi connectivity index (χ0v) is 11.3. The quantitative estimate of drug-likeness (QED) is 0.730. The van der Waals surface area contributed by atoms with Crippen LogP contribution in [-0.4, -0.2) is 22.2 Å². The van der Waals surface area contributed by atoms with Crippen molar-refractivity contribution in [3.8, 4) is 0 Å². The summed E-state index contributed by atoms with van der Waals surface area (Å²) < 4.78 is 13.2. The molecule has 0 N–H and O–H groups in total. The van der Waals surface area contributed by atoms with Crippen molar-refractivity contribution in [1.29, 1.82) is 0 Å². The molecule has 0 bridgehead atoms. The molecule has 1 atom stereocenters. The third-order valence-corrected chi connectivity index (χ3v) is 3.79. The number of nitrogens with zero attached hydrogens (tertiary/aromatic N) is 1. The van der Waals surface area contributed by atoms with E-state index in [4.69, 9.17) is 0 Å². The fourth-order valence-corrected chi connectivity index (χ4v) is 2.57. The molecule has 2 nitrogen and oxygen atoms in total. The Bertz CT molecular complexity index is 435. The summed E-state index contributed by atoms with van der Waals surface area (Å²) in [6.45, 7) is 2.63. The molecule has 0 saturated heterocycles. The predicted octanol–water partition coefficient (Wildman–Crippen LogP) is 2.88. The second-order valence-corrected chi connectivity index (χ2v) is 5.02. The van der Waals surface area contributed by atoms with Crippen LogP contribution in [0.15, 0.2) is 18.2 Å². The number of aryl methyl sites for hydroxylation is 1. The van der Waals surface area contributed by atoms with Gasteiger partial charge in [0.1, 0.15) is 5.82 Å². The summed E-state index contributed by atoms with van der Waals surface area (Å²) in [7, 11) is 0. The molecule has 1 aromatic carbocycles. The van der Waals surface area contributed by atoms with E-state index < -0.39 is 0 Å². The summed E-state index contributed by atoms with van der Waals surface area (Å²) in [6.07, 6.45) is 1.72. The Balaban J connectivity index is 2.30. The van der Waals surface area contributed by atoms with Gasteiger partial charge in [-0.25, -0.2) is 4.39 Å². The van der Waals surface area contributed by atoms with E-state index in [0.717, 1.165) is 24.0 Å². The number of hydrogen-bond acceptors (Lipinski definition) is 1. The summed E-state index contributed by atoms with van der Waals surface area (Å²) in [6, 6.07) is 5.04. The van der Waals surface area contributed by atoms with E-state index in [1.165, 1.54) is 6.07 Å². The normalized spacial score (nSPS) is 19.7. The zero-order chi connectivity index (χ0) is 12.4. The number of alkyl halides is 1. The Morgan fingerprint density at radius 2 is 2.29 bits per heavy atom. The van der Waals surface area contributed by atoms with Gasteiger partial charge in [0.2, 0.25) is 5.91 Å². The minimum Gasteiger partial charge on any atom is -0.335 e. The van der Waals surface area contributed by atoms with Crippen LogP contribution < -0.4 is 0 Å². The van der Waals surface area contributed by atoms with Gasteiger partial charge < -0.3 is 4.90 Å². The van der Waals surface area contributed by atoms with E-state index in [9.17, 15) is 9.18 Å². The number of carbonyl (C=O) groups excluding carboxylic acids is 1. The lowest BCUT2D eigenvalue weighted by atomic mass is 10.0. The van der Waals surface area contributed by atoms with Crippen molar-refractivity contribution in [2.45, 2.75) is 32.4 Å². The van der Waals surface area contributed by atoms with Crippen molar-refractivity contribution in [2.24, 2.45) is 0 Å². The first-order chi connectivity index (χ1) is 8.11. The van der Waals surface area contributed by atoms with E-state index in [1.807, 2.05) is 11.8 Å². The first-order valence-electron chi connectivity index (χ1n) is 5.74. The van der Waals surface area contributed by atoms with Gasteiger partial charge in [-0.05, 0) is 43.0 Å². The van der Waals surface area contributed by atoms with Crippen molar-refractivity contribution in [3.05, 3.63) is 35.1 Å². The highest BCUT2D eigenvalue weighted by molar-refractivity contribution is 9.09. The Morgan fingerprint density at radius 3 is 3.00 bits per heavy atom. The molecule has 0 radical (unpaired) electrons. The molecule has 17 heavy (non-hydrogen) atoms. The standard InChI is InChI=1S/C13H15BrFNO/c1-9-2-3-10-6-12(15)5-4-11(10)8-16(9)13(17)7-14/h4-6,9H,2-3,7-8H2,1H3. The number of benzene rings is 1. The number of rotatable bonds is 1. The Morgan fingerprint density at radius 1 is 1.53 bits per heavy atom. The fourth-order valence-electron chi connectivity index (χ4n) is 2.25. The summed E-state index contributed by atoms with van der Waals surface area (Å²) in [5, 5.41) is 0.341. The SMILES string of the molecule is CC1CCc2cc(F)ccc2CN1C(=O)CBr. The van der Waals surface area contributed by atoms with Gasteiger partial charge in [-0.2, -0.15) is 0 Å². The minimum atomic E-state index is -0.198. The van der Waals surface area contributed by atoms with Gasteiger partial charge in [-0.1, -0.05) is 22.0 Å². The molecular weight excluding hydrogens is 285 g/mol. The Kier molecular flexibility index (Phi) is 3.82. The molecule has 92 valence electrons. The van der Waals surface area contributed by atoms with Crippen LogP contribution in [0.5, 0.6) is 0 Å². The lowest BCUT2D eigenvalue weighted by Gasteiger charge is -2.26. The molecule has 0 fully saturated rings. The van der Waals surface area contributed by atoms with Crippen molar-refractivity contribution < 1.29 is 9.18 Å². The highest BCUT2D eigenvalue weighted by Crippen LogP contribution is 2.23. The van der Waals surface area contributed by atoms with Crippen LogP contribution in [0.1, 0.15) is 24.5 Å². The third kappa shape index (κ3) is 2.68. The smallest absolute Gasteiger partial charge is 0.233 e. The Hall–Kier alpha value is -0.900. The van der Waals surface area contributed by atoms with Crippen LogP contribution in [-0.2, 0) is 17.8 Å². The third-order valence-electron chi connectivity index (χ3n) is 3.31. The number of amides is 1. The maximum Gasteiger partial charge on any atom is 0.233 e. The van der Waals surface area contributed by atoms with Crippen molar-refractivity contribution in [1.82, 2.24) is 4.90 Å². The van der Waals surface area contributed by atoms with Crippen LogP contribution in [0.2, 0.25) is 0 Å². The van der Waals surface area contributed by atoms with Crippen LogP contribution >= 0.6 is 15.9 Å². The minimum absolute atomic E-state index is 0.0923. The molecule has 2 rings (SSSR count). The average Bonchev–Trinajstić information content (AvgIpc) is 2.48. The molecule has 0 aromatic heterocycles. The van der Waals surface area contributed by atoms with E-state index >= 15 is 0 Å². The monoisotopic (exact) mass is 299 g/mol. The maximum atomic E-state index is 13.2. The first kappa shape index (κ1) is 12.6.